The Morgan fingerprint density at radius 3 is 2.65 bits per heavy atom. The van der Waals surface area contributed by atoms with Crippen LogP contribution in [0.2, 0.25) is 5.02 Å². The molecule has 1 rings (SSSR count). The third kappa shape index (κ3) is 6.41. The smallest absolute Gasteiger partial charge is 0.0732 e. The van der Waals surface area contributed by atoms with E-state index >= 15 is 0 Å². The molecule has 0 heterocycles. The minimum Gasteiger partial charge on any atom is -0.379 e. The molecule has 4 heteroatoms. The van der Waals surface area contributed by atoms with Gasteiger partial charge < -0.3 is 9.47 Å². The third-order valence-electron chi connectivity index (χ3n) is 2.29. The highest BCUT2D eigenvalue weighted by molar-refractivity contribution is 9.10. The molecule has 0 fully saturated rings. The topological polar surface area (TPSA) is 18.5 Å². The molecule has 0 bridgehead atoms. The molecule has 0 aliphatic rings. The highest BCUT2D eigenvalue weighted by Crippen LogP contribution is 2.21. The van der Waals surface area contributed by atoms with Gasteiger partial charge in [-0.05, 0) is 24.1 Å². The molecule has 1 aromatic rings. The van der Waals surface area contributed by atoms with Gasteiger partial charge in [0.25, 0.3) is 0 Å². The van der Waals surface area contributed by atoms with Crippen LogP contribution in [-0.2, 0) is 16.1 Å². The number of benzene rings is 1. The van der Waals surface area contributed by atoms with E-state index in [9.17, 15) is 0 Å². The average Bonchev–Trinajstić information content (AvgIpc) is 2.30. The monoisotopic (exact) mass is 320 g/mol. The number of unbranched alkanes of at least 4 members (excludes halogenated alkanes) is 1. The van der Waals surface area contributed by atoms with Gasteiger partial charge >= 0.3 is 0 Å². The molecule has 0 unspecified atom stereocenters. The molecule has 0 radical (unpaired) electrons. The molecule has 0 atom stereocenters. The molecular weight excluding hydrogens is 303 g/mol. The van der Waals surface area contributed by atoms with Crippen LogP contribution >= 0.6 is 27.5 Å². The summed E-state index contributed by atoms with van der Waals surface area (Å²) in [5.74, 6) is 0. The maximum atomic E-state index is 6.07. The van der Waals surface area contributed by atoms with Crippen LogP contribution in [0.5, 0.6) is 0 Å². The lowest BCUT2D eigenvalue weighted by molar-refractivity contribution is 0.0397. The molecule has 0 saturated carbocycles. The molecule has 0 aliphatic heterocycles. The third-order valence-corrected chi connectivity index (χ3v) is 3.13. The molecule has 0 N–H and O–H groups in total. The second-order valence-corrected chi connectivity index (χ2v) is 5.08. The van der Waals surface area contributed by atoms with E-state index in [4.69, 9.17) is 21.1 Å². The van der Waals surface area contributed by atoms with Crippen molar-refractivity contribution in [2.24, 2.45) is 0 Å². The van der Waals surface area contributed by atoms with Gasteiger partial charge in [-0.25, -0.2) is 0 Å². The quantitative estimate of drug-likeness (QED) is 0.659. The van der Waals surface area contributed by atoms with Crippen molar-refractivity contribution < 1.29 is 9.47 Å². The van der Waals surface area contributed by atoms with Gasteiger partial charge in [-0.15, -0.1) is 0 Å². The largest absolute Gasteiger partial charge is 0.379 e. The summed E-state index contributed by atoms with van der Waals surface area (Å²) in [4.78, 5) is 0. The lowest BCUT2D eigenvalue weighted by Gasteiger charge is -2.07. The Bertz CT molecular complexity index is 331. The summed E-state index contributed by atoms with van der Waals surface area (Å²) in [6, 6.07) is 5.80. The maximum absolute atomic E-state index is 6.07. The highest BCUT2D eigenvalue weighted by Gasteiger charge is 2.00. The SMILES string of the molecule is CCCCOCCOCc1ccc(Br)cc1Cl. The first kappa shape index (κ1) is 15.0. The fraction of sp³-hybridized carbons (Fsp3) is 0.538. The summed E-state index contributed by atoms with van der Waals surface area (Å²) in [5, 5.41) is 0.728. The van der Waals surface area contributed by atoms with Crippen LogP contribution in [0.25, 0.3) is 0 Å². The fourth-order valence-corrected chi connectivity index (χ4v) is 2.02. The molecule has 1 aromatic carbocycles. The summed E-state index contributed by atoms with van der Waals surface area (Å²) in [6.07, 6.45) is 2.27. The molecule has 0 saturated heterocycles. The second kappa shape index (κ2) is 8.92. The second-order valence-electron chi connectivity index (χ2n) is 3.75. The Morgan fingerprint density at radius 1 is 1.18 bits per heavy atom. The van der Waals surface area contributed by atoms with Crippen molar-refractivity contribution in [2.45, 2.75) is 26.4 Å². The van der Waals surface area contributed by atoms with E-state index < -0.39 is 0 Å². The van der Waals surface area contributed by atoms with Crippen molar-refractivity contribution in [1.29, 1.82) is 0 Å². The van der Waals surface area contributed by atoms with E-state index in [1.165, 1.54) is 0 Å². The number of ether oxygens (including phenoxy) is 2. The number of rotatable bonds is 8. The normalized spacial score (nSPS) is 10.8. The van der Waals surface area contributed by atoms with Crippen molar-refractivity contribution in [1.82, 2.24) is 0 Å². The Kier molecular flexibility index (Phi) is 7.86. The molecule has 0 amide bonds. The van der Waals surface area contributed by atoms with Crippen LogP contribution in [0.1, 0.15) is 25.3 Å². The van der Waals surface area contributed by atoms with Gasteiger partial charge in [0.05, 0.1) is 19.8 Å². The van der Waals surface area contributed by atoms with E-state index in [1.54, 1.807) is 0 Å². The van der Waals surface area contributed by atoms with Gasteiger partial charge in [0.2, 0.25) is 0 Å². The Labute approximate surface area is 116 Å². The van der Waals surface area contributed by atoms with Crippen LogP contribution in [0, 0.1) is 0 Å². The molecule has 2 nitrogen and oxygen atoms in total. The first-order chi connectivity index (χ1) is 8.24. The summed E-state index contributed by atoms with van der Waals surface area (Å²) in [7, 11) is 0. The zero-order valence-electron chi connectivity index (χ0n) is 10.0. The van der Waals surface area contributed by atoms with E-state index in [1.807, 2.05) is 18.2 Å². The van der Waals surface area contributed by atoms with Crippen LogP contribution in [0.4, 0.5) is 0 Å². The van der Waals surface area contributed by atoms with E-state index in [-0.39, 0.29) is 0 Å². The first-order valence-electron chi connectivity index (χ1n) is 5.83. The minimum atomic E-state index is 0.531. The van der Waals surface area contributed by atoms with Gasteiger partial charge in [-0.3, -0.25) is 0 Å². The Morgan fingerprint density at radius 2 is 1.94 bits per heavy atom. The van der Waals surface area contributed by atoms with E-state index in [2.05, 4.69) is 22.9 Å². The van der Waals surface area contributed by atoms with Crippen molar-refractivity contribution >= 4 is 27.5 Å². The predicted octanol–water partition coefficient (Wildman–Crippen LogP) is 4.44. The highest BCUT2D eigenvalue weighted by atomic mass is 79.9. The van der Waals surface area contributed by atoms with Crippen molar-refractivity contribution in [3.63, 3.8) is 0 Å². The Hall–Kier alpha value is -0.0900. The van der Waals surface area contributed by atoms with Crippen LogP contribution in [-0.4, -0.2) is 19.8 Å². The van der Waals surface area contributed by atoms with E-state index in [0.29, 0.717) is 19.8 Å². The predicted molar refractivity (Wildman–Crippen MR) is 74.5 cm³/mol. The fourth-order valence-electron chi connectivity index (χ4n) is 1.29. The molecule has 0 aliphatic carbocycles. The van der Waals surface area contributed by atoms with Crippen LogP contribution in [0.15, 0.2) is 22.7 Å². The molecule has 17 heavy (non-hydrogen) atoms. The van der Waals surface area contributed by atoms with Gasteiger partial charge in [-0.1, -0.05) is 46.9 Å². The zero-order valence-corrected chi connectivity index (χ0v) is 12.4. The van der Waals surface area contributed by atoms with Crippen LogP contribution < -0.4 is 0 Å². The van der Waals surface area contributed by atoms with E-state index in [0.717, 1.165) is 34.5 Å². The van der Waals surface area contributed by atoms with Crippen molar-refractivity contribution in [2.75, 3.05) is 19.8 Å². The number of hydrogen-bond donors (Lipinski definition) is 0. The standard InChI is InChI=1S/C13H18BrClO2/c1-2-3-6-16-7-8-17-10-11-4-5-12(14)9-13(11)15/h4-5,9H,2-3,6-8,10H2,1H3. The van der Waals surface area contributed by atoms with Gasteiger partial charge in [0.1, 0.15) is 0 Å². The minimum absolute atomic E-state index is 0.531. The summed E-state index contributed by atoms with van der Waals surface area (Å²) < 4.78 is 11.9. The molecule has 96 valence electrons. The molecule has 0 aromatic heterocycles. The maximum Gasteiger partial charge on any atom is 0.0732 e. The lowest BCUT2D eigenvalue weighted by Crippen LogP contribution is -2.05. The molecule has 0 spiro atoms. The molecular formula is C13H18BrClO2. The van der Waals surface area contributed by atoms with Crippen LogP contribution in [0.3, 0.4) is 0 Å². The van der Waals surface area contributed by atoms with Crippen molar-refractivity contribution in [3.05, 3.63) is 33.3 Å². The summed E-state index contributed by atoms with van der Waals surface area (Å²) in [5.41, 5.74) is 1.00. The lowest BCUT2D eigenvalue weighted by atomic mass is 10.2. The first-order valence-corrected chi connectivity index (χ1v) is 7.00. The van der Waals surface area contributed by atoms with Gasteiger partial charge in [-0.2, -0.15) is 0 Å². The zero-order chi connectivity index (χ0) is 12.5. The van der Waals surface area contributed by atoms with Crippen molar-refractivity contribution in [3.8, 4) is 0 Å². The van der Waals surface area contributed by atoms with Gasteiger partial charge in [0, 0.05) is 16.1 Å². The number of hydrogen-bond acceptors (Lipinski definition) is 2. The Balaban J connectivity index is 2.14. The average molecular weight is 322 g/mol. The summed E-state index contributed by atoms with van der Waals surface area (Å²) in [6.45, 7) is 4.75. The number of halogens is 2. The summed E-state index contributed by atoms with van der Waals surface area (Å²) >= 11 is 9.44. The van der Waals surface area contributed by atoms with Gasteiger partial charge in [0.15, 0.2) is 0 Å².